The Morgan fingerprint density at radius 1 is 1.07 bits per heavy atom. The van der Waals surface area contributed by atoms with Gasteiger partial charge < -0.3 is 5.32 Å². The molecule has 2 rings (SSSR count). The molecular weight excluding hydrogens is 182 g/mol. The first-order valence-electron chi connectivity index (χ1n) is 6.96. The minimum atomic E-state index is 0.763. The maximum atomic E-state index is 3.76. The normalized spacial score (nSPS) is 47.0. The van der Waals surface area contributed by atoms with Gasteiger partial charge >= 0.3 is 0 Å². The summed E-state index contributed by atoms with van der Waals surface area (Å²) in [5, 5.41) is 3.76. The van der Waals surface area contributed by atoms with Crippen LogP contribution in [-0.4, -0.2) is 12.1 Å². The standard InChI is InChI=1S/C14H27N/c1-4-14-13(9-11(3)15-14)12-7-5-10(2)6-8-12/h10-15H,4-9H2,1-3H3. The third kappa shape index (κ3) is 2.55. The van der Waals surface area contributed by atoms with E-state index in [4.69, 9.17) is 0 Å². The average molecular weight is 209 g/mol. The lowest BCUT2D eigenvalue weighted by molar-refractivity contribution is 0.195. The highest BCUT2D eigenvalue weighted by Crippen LogP contribution is 2.39. The van der Waals surface area contributed by atoms with E-state index in [1.165, 1.54) is 38.5 Å². The number of hydrogen-bond donors (Lipinski definition) is 1. The van der Waals surface area contributed by atoms with Gasteiger partial charge in [-0.2, -0.15) is 0 Å². The van der Waals surface area contributed by atoms with Gasteiger partial charge in [-0.3, -0.25) is 0 Å². The first-order chi connectivity index (χ1) is 7.20. The Morgan fingerprint density at radius 2 is 1.73 bits per heavy atom. The van der Waals surface area contributed by atoms with Crippen molar-refractivity contribution >= 4 is 0 Å². The van der Waals surface area contributed by atoms with Crippen molar-refractivity contribution in [1.82, 2.24) is 5.32 Å². The first-order valence-corrected chi connectivity index (χ1v) is 6.96. The third-order valence-electron chi connectivity index (χ3n) is 4.75. The quantitative estimate of drug-likeness (QED) is 0.733. The van der Waals surface area contributed by atoms with Gasteiger partial charge in [0.15, 0.2) is 0 Å². The summed E-state index contributed by atoms with van der Waals surface area (Å²) < 4.78 is 0. The Kier molecular flexibility index (Phi) is 3.71. The molecule has 15 heavy (non-hydrogen) atoms. The zero-order valence-corrected chi connectivity index (χ0v) is 10.6. The van der Waals surface area contributed by atoms with Crippen LogP contribution in [0.2, 0.25) is 0 Å². The molecule has 0 aromatic heterocycles. The summed E-state index contributed by atoms with van der Waals surface area (Å²) >= 11 is 0. The van der Waals surface area contributed by atoms with E-state index in [2.05, 4.69) is 26.1 Å². The summed E-state index contributed by atoms with van der Waals surface area (Å²) in [7, 11) is 0. The van der Waals surface area contributed by atoms with Crippen LogP contribution in [0.25, 0.3) is 0 Å². The second kappa shape index (κ2) is 4.86. The monoisotopic (exact) mass is 209 g/mol. The molecule has 1 saturated heterocycles. The number of nitrogens with one attached hydrogen (secondary N) is 1. The fraction of sp³-hybridized carbons (Fsp3) is 1.00. The van der Waals surface area contributed by atoms with Gasteiger partial charge in [0.25, 0.3) is 0 Å². The van der Waals surface area contributed by atoms with E-state index in [1.807, 2.05) is 0 Å². The summed E-state index contributed by atoms with van der Waals surface area (Å²) in [5.74, 6) is 3.01. The van der Waals surface area contributed by atoms with E-state index in [0.29, 0.717) is 0 Å². The molecule has 0 radical (unpaired) electrons. The first kappa shape index (κ1) is 11.4. The molecule has 3 unspecified atom stereocenters. The molecule has 1 N–H and O–H groups in total. The fourth-order valence-corrected chi connectivity index (χ4v) is 3.79. The average Bonchev–Trinajstić information content (AvgIpc) is 2.61. The molecule has 1 saturated carbocycles. The van der Waals surface area contributed by atoms with Gasteiger partial charge in [-0.05, 0) is 50.4 Å². The van der Waals surface area contributed by atoms with Gasteiger partial charge in [0.1, 0.15) is 0 Å². The minimum Gasteiger partial charge on any atom is -0.311 e. The molecule has 0 bridgehead atoms. The van der Waals surface area contributed by atoms with Crippen LogP contribution in [0.4, 0.5) is 0 Å². The molecule has 2 aliphatic rings. The number of rotatable bonds is 2. The summed E-state index contributed by atoms with van der Waals surface area (Å²) in [6.07, 6.45) is 8.70. The Balaban J connectivity index is 1.91. The van der Waals surface area contributed by atoms with Crippen molar-refractivity contribution in [3.63, 3.8) is 0 Å². The zero-order chi connectivity index (χ0) is 10.8. The molecule has 0 amide bonds. The fourth-order valence-electron chi connectivity index (χ4n) is 3.79. The van der Waals surface area contributed by atoms with Crippen LogP contribution in [0.1, 0.15) is 59.3 Å². The van der Waals surface area contributed by atoms with Gasteiger partial charge in [0, 0.05) is 12.1 Å². The minimum absolute atomic E-state index is 0.763. The topological polar surface area (TPSA) is 12.0 Å². The van der Waals surface area contributed by atoms with E-state index >= 15 is 0 Å². The largest absolute Gasteiger partial charge is 0.311 e. The van der Waals surface area contributed by atoms with Crippen LogP contribution < -0.4 is 5.32 Å². The third-order valence-corrected chi connectivity index (χ3v) is 4.75. The Labute approximate surface area is 95.0 Å². The molecule has 0 aromatic rings. The van der Waals surface area contributed by atoms with Crippen LogP contribution in [0.15, 0.2) is 0 Å². The van der Waals surface area contributed by atoms with Gasteiger partial charge in [-0.15, -0.1) is 0 Å². The molecule has 3 atom stereocenters. The maximum Gasteiger partial charge on any atom is 0.00984 e. The van der Waals surface area contributed by atoms with Crippen molar-refractivity contribution in [2.75, 3.05) is 0 Å². The Bertz CT molecular complexity index is 194. The molecule has 1 heterocycles. The lowest BCUT2D eigenvalue weighted by atomic mass is 9.73. The maximum absolute atomic E-state index is 3.76. The smallest absolute Gasteiger partial charge is 0.00984 e. The highest BCUT2D eigenvalue weighted by atomic mass is 15.0. The van der Waals surface area contributed by atoms with Gasteiger partial charge in [-0.1, -0.05) is 26.7 Å². The van der Waals surface area contributed by atoms with Crippen molar-refractivity contribution in [2.24, 2.45) is 17.8 Å². The van der Waals surface area contributed by atoms with Crippen molar-refractivity contribution in [2.45, 2.75) is 71.4 Å². The predicted molar refractivity (Wildman–Crippen MR) is 65.9 cm³/mol. The summed E-state index contributed by atoms with van der Waals surface area (Å²) in [4.78, 5) is 0. The molecule has 1 aliphatic heterocycles. The van der Waals surface area contributed by atoms with Crippen molar-refractivity contribution in [3.8, 4) is 0 Å². The van der Waals surface area contributed by atoms with Crippen LogP contribution in [0.3, 0.4) is 0 Å². The van der Waals surface area contributed by atoms with Gasteiger partial charge in [-0.25, -0.2) is 0 Å². The van der Waals surface area contributed by atoms with Crippen LogP contribution >= 0.6 is 0 Å². The van der Waals surface area contributed by atoms with Gasteiger partial charge in [0.05, 0.1) is 0 Å². The molecule has 1 nitrogen and oxygen atoms in total. The molecular formula is C14H27N. The number of hydrogen-bond acceptors (Lipinski definition) is 1. The van der Waals surface area contributed by atoms with Crippen LogP contribution in [0.5, 0.6) is 0 Å². The Hall–Kier alpha value is -0.0400. The van der Waals surface area contributed by atoms with E-state index in [1.54, 1.807) is 0 Å². The Morgan fingerprint density at radius 3 is 2.33 bits per heavy atom. The lowest BCUT2D eigenvalue weighted by Gasteiger charge is -2.33. The molecule has 0 spiro atoms. The highest BCUT2D eigenvalue weighted by molar-refractivity contribution is 4.92. The van der Waals surface area contributed by atoms with Crippen LogP contribution in [-0.2, 0) is 0 Å². The van der Waals surface area contributed by atoms with E-state index in [0.717, 1.165) is 29.8 Å². The van der Waals surface area contributed by atoms with E-state index in [-0.39, 0.29) is 0 Å². The SMILES string of the molecule is CCC1NC(C)CC1C1CCC(C)CC1. The van der Waals surface area contributed by atoms with Gasteiger partial charge in [0.2, 0.25) is 0 Å². The highest BCUT2D eigenvalue weighted by Gasteiger charge is 2.36. The summed E-state index contributed by atoms with van der Waals surface area (Å²) in [5.41, 5.74) is 0. The lowest BCUT2D eigenvalue weighted by Crippen LogP contribution is -2.33. The molecule has 88 valence electrons. The second-order valence-corrected chi connectivity index (χ2v) is 6.00. The summed E-state index contributed by atoms with van der Waals surface area (Å²) in [6, 6.07) is 1.58. The predicted octanol–water partition coefficient (Wildman–Crippen LogP) is 3.59. The van der Waals surface area contributed by atoms with E-state index in [9.17, 15) is 0 Å². The van der Waals surface area contributed by atoms with Crippen molar-refractivity contribution in [1.29, 1.82) is 0 Å². The molecule has 1 aliphatic carbocycles. The molecule has 2 fully saturated rings. The van der Waals surface area contributed by atoms with Crippen molar-refractivity contribution in [3.05, 3.63) is 0 Å². The zero-order valence-electron chi connectivity index (χ0n) is 10.6. The second-order valence-electron chi connectivity index (χ2n) is 6.00. The molecule has 1 heteroatoms. The van der Waals surface area contributed by atoms with E-state index < -0.39 is 0 Å². The van der Waals surface area contributed by atoms with Crippen LogP contribution in [0, 0.1) is 17.8 Å². The van der Waals surface area contributed by atoms with Crippen molar-refractivity contribution < 1.29 is 0 Å². The molecule has 0 aromatic carbocycles. The summed E-state index contributed by atoms with van der Waals surface area (Å²) in [6.45, 7) is 7.12.